The Bertz CT molecular complexity index is 599. The second kappa shape index (κ2) is 5.72. The van der Waals surface area contributed by atoms with E-state index in [1.807, 2.05) is 26.0 Å². The zero-order valence-corrected chi connectivity index (χ0v) is 12.3. The number of hydrogen-bond acceptors (Lipinski definition) is 2. The van der Waals surface area contributed by atoms with E-state index in [0.29, 0.717) is 10.0 Å². The molecule has 0 saturated carbocycles. The topological polar surface area (TPSA) is 32.3 Å². The summed E-state index contributed by atoms with van der Waals surface area (Å²) in [6.45, 7) is 3.95. The van der Waals surface area contributed by atoms with Gasteiger partial charge in [-0.15, -0.1) is 0 Å². The summed E-state index contributed by atoms with van der Waals surface area (Å²) < 4.78 is 0. The molecule has 2 aromatic carbocycles. The molecule has 0 bridgehead atoms. The number of phenols is 1. The highest BCUT2D eigenvalue weighted by atomic mass is 35.5. The molecule has 0 amide bonds. The normalized spacial score (nSPS) is 12.2. The molecule has 2 nitrogen and oxygen atoms in total. The third kappa shape index (κ3) is 3.34. The van der Waals surface area contributed by atoms with Gasteiger partial charge in [-0.05, 0) is 38.1 Å². The Morgan fingerprint density at radius 3 is 2.58 bits per heavy atom. The van der Waals surface area contributed by atoms with Crippen LogP contribution in [0, 0.1) is 6.92 Å². The van der Waals surface area contributed by atoms with Crippen molar-refractivity contribution in [1.82, 2.24) is 0 Å². The van der Waals surface area contributed by atoms with Crippen LogP contribution in [-0.4, -0.2) is 5.11 Å². The van der Waals surface area contributed by atoms with E-state index in [1.165, 1.54) is 0 Å². The Morgan fingerprint density at radius 2 is 1.84 bits per heavy atom. The van der Waals surface area contributed by atoms with Crippen molar-refractivity contribution in [2.75, 3.05) is 5.32 Å². The number of rotatable bonds is 3. The van der Waals surface area contributed by atoms with Gasteiger partial charge in [0, 0.05) is 10.6 Å². The van der Waals surface area contributed by atoms with Gasteiger partial charge in [0.05, 0.1) is 16.8 Å². The first-order valence-electron chi connectivity index (χ1n) is 5.98. The summed E-state index contributed by atoms with van der Waals surface area (Å²) in [5, 5.41) is 14.4. The van der Waals surface area contributed by atoms with Gasteiger partial charge in [0.2, 0.25) is 0 Å². The molecule has 1 atom stereocenters. The maximum absolute atomic E-state index is 9.91. The Kier molecular flexibility index (Phi) is 4.23. The van der Waals surface area contributed by atoms with Gasteiger partial charge in [-0.2, -0.15) is 0 Å². The van der Waals surface area contributed by atoms with Gasteiger partial charge in [0.25, 0.3) is 0 Å². The third-order valence-electron chi connectivity index (χ3n) is 2.95. The minimum Gasteiger partial charge on any atom is -0.508 e. The van der Waals surface area contributed by atoms with Crippen molar-refractivity contribution in [2.24, 2.45) is 0 Å². The van der Waals surface area contributed by atoms with Crippen LogP contribution >= 0.6 is 23.2 Å². The fourth-order valence-corrected chi connectivity index (χ4v) is 2.28. The van der Waals surface area contributed by atoms with E-state index in [2.05, 4.69) is 5.32 Å². The first-order chi connectivity index (χ1) is 8.97. The molecular formula is C15H15Cl2NO. The molecule has 19 heavy (non-hydrogen) atoms. The summed E-state index contributed by atoms with van der Waals surface area (Å²) in [4.78, 5) is 0. The maximum Gasteiger partial charge on any atom is 0.120 e. The van der Waals surface area contributed by atoms with Crippen LogP contribution in [-0.2, 0) is 0 Å². The highest BCUT2D eigenvalue weighted by Crippen LogP contribution is 2.32. The minimum atomic E-state index is -0.0733. The predicted octanol–water partition coefficient (Wildman–Crippen LogP) is 5.18. The molecule has 0 saturated heterocycles. The number of nitrogens with one attached hydrogen (secondary N) is 1. The minimum absolute atomic E-state index is 0.0733. The molecule has 4 heteroatoms. The predicted molar refractivity (Wildman–Crippen MR) is 81.3 cm³/mol. The molecule has 0 heterocycles. The molecule has 0 spiro atoms. The smallest absolute Gasteiger partial charge is 0.120 e. The number of halogens is 2. The van der Waals surface area contributed by atoms with E-state index in [-0.39, 0.29) is 11.8 Å². The SMILES string of the molecule is Cc1ccc(O)c(C(C)Nc2cc(Cl)ccc2Cl)c1. The monoisotopic (exact) mass is 295 g/mol. The molecular weight excluding hydrogens is 281 g/mol. The van der Waals surface area contributed by atoms with Crippen LogP contribution < -0.4 is 5.32 Å². The van der Waals surface area contributed by atoms with Crippen molar-refractivity contribution >= 4 is 28.9 Å². The highest BCUT2D eigenvalue weighted by Gasteiger charge is 2.12. The molecule has 2 rings (SSSR count). The van der Waals surface area contributed by atoms with Gasteiger partial charge < -0.3 is 10.4 Å². The van der Waals surface area contributed by atoms with Gasteiger partial charge in [-0.25, -0.2) is 0 Å². The zero-order chi connectivity index (χ0) is 14.0. The van der Waals surface area contributed by atoms with Crippen molar-refractivity contribution in [2.45, 2.75) is 19.9 Å². The molecule has 0 fully saturated rings. The van der Waals surface area contributed by atoms with Crippen LogP contribution in [0.4, 0.5) is 5.69 Å². The van der Waals surface area contributed by atoms with Gasteiger partial charge in [0.15, 0.2) is 0 Å². The molecule has 100 valence electrons. The van der Waals surface area contributed by atoms with Gasteiger partial charge in [0.1, 0.15) is 5.75 Å². The summed E-state index contributed by atoms with van der Waals surface area (Å²) in [6.07, 6.45) is 0. The van der Waals surface area contributed by atoms with Crippen molar-refractivity contribution in [1.29, 1.82) is 0 Å². The molecule has 1 unspecified atom stereocenters. The second-order valence-corrected chi connectivity index (χ2v) is 5.40. The number of phenolic OH excluding ortho intramolecular Hbond substituents is 1. The van der Waals surface area contributed by atoms with E-state index in [0.717, 1.165) is 16.8 Å². The zero-order valence-electron chi connectivity index (χ0n) is 10.7. The summed E-state index contributed by atoms with van der Waals surface area (Å²) >= 11 is 12.1. The summed E-state index contributed by atoms with van der Waals surface area (Å²) in [6, 6.07) is 10.7. The van der Waals surface area contributed by atoms with E-state index in [1.54, 1.807) is 24.3 Å². The van der Waals surface area contributed by atoms with Crippen molar-refractivity contribution in [3.8, 4) is 5.75 Å². The van der Waals surface area contributed by atoms with E-state index >= 15 is 0 Å². The average molecular weight is 296 g/mol. The molecule has 2 N–H and O–H groups in total. The quantitative estimate of drug-likeness (QED) is 0.818. The number of benzene rings is 2. The average Bonchev–Trinajstić information content (AvgIpc) is 2.36. The van der Waals surface area contributed by atoms with Gasteiger partial charge in [-0.3, -0.25) is 0 Å². The van der Waals surface area contributed by atoms with Crippen molar-refractivity contribution in [3.63, 3.8) is 0 Å². The van der Waals surface area contributed by atoms with E-state index < -0.39 is 0 Å². The lowest BCUT2D eigenvalue weighted by Crippen LogP contribution is -2.07. The van der Waals surface area contributed by atoms with Crippen LogP contribution in [0.15, 0.2) is 36.4 Å². The van der Waals surface area contributed by atoms with Crippen LogP contribution in [0.1, 0.15) is 24.1 Å². The lowest BCUT2D eigenvalue weighted by molar-refractivity contribution is 0.465. The first-order valence-corrected chi connectivity index (χ1v) is 6.74. The summed E-state index contributed by atoms with van der Waals surface area (Å²) in [5.74, 6) is 0.267. The standard InChI is InChI=1S/C15H15Cl2NO/c1-9-3-6-15(19)12(7-9)10(2)18-14-8-11(16)4-5-13(14)17/h3-8,10,18-19H,1-2H3. The molecule has 0 aromatic heterocycles. The van der Waals surface area contributed by atoms with Gasteiger partial charge >= 0.3 is 0 Å². The number of aryl methyl sites for hydroxylation is 1. The Hall–Kier alpha value is -1.38. The van der Waals surface area contributed by atoms with Crippen LogP contribution in [0.25, 0.3) is 0 Å². The first kappa shape index (κ1) is 14.0. The second-order valence-electron chi connectivity index (χ2n) is 4.55. The molecule has 0 radical (unpaired) electrons. The molecule has 2 aromatic rings. The van der Waals surface area contributed by atoms with Crippen LogP contribution in [0.2, 0.25) is 10.0 Å². The van der Waals surface area contributed by atoms with E-state index in [4.69, 9.17) is 23.2 Å². The molecule has 0 aliphatic heterocycles. The Balaban J connectivity index is 2.27. The molecule has 0 aliphatic carbocycles. The maximum atomic E-state index is 9.91. The molecule has 0 aliphatic rings. The van der Waals surface area contributed by atoms with Crippen molar-refractivity contribution in [3.05, 3.63) is 57.6 Å². The van der Waals surface area contributed by atoms with Crippen molar-refractivity contribution < 1.29 is 5.11 Å². The largest absolute Gasteiger partial charge is 0.508 e. The Labute approximate surface area is 123 Å². The number of hydrogen-bond donors (Lipinski definition) is 2. The van der Waals surface area contributed by atoms with E-state index in [9.17, 15) is 5.11 Å². The lowest BCUT2D eigenvalue weighted by Gasteiger charge is -2.18. The fraction of sp³-hybridized carbons (Fsp3) is 0.200. The van der Waals surface area contributed by atoms with Gasteiger partial charge in [-0.1, -0.05) is 40.9 Å². The number of anilines is 1. The number of aromatic hydroxyl groups is 1. The summed E-state index contributed by atoms with van der Waals surface area (Å²) in [5.41, 5.74) is 2.68. The van der Waals surface area contributed by atoms with Crippen LogP contribution in [0.3, 0.4) is 0 Å². The highest BCUT2D eigenvalue weighted by molar-refractivity contribution is 6.35. The lowest BCUT2D eigenvalue weighted by atomic mass is 10.0. The fourth-order valence-electron chi connectivity index (χ4n) is 1.94. The third-order valence-corrected chi connectivity index (χ3v) is 3.51. The summed E-state index contributed by atoms with van der Waals surface area (Å²) in [7, 11) is 0. The Morgan fingerprint density at radius 1 is 1.11 bits per heavy atom. The van der Waals surface area contributed by atoms with Crippen LogP contribution in [0.5, 0.6) is 5.75 Å².